The largest absolute Gasteiger partial charge is 0.444 e. The maximum absolute atomic E-state index is 14.6. The molecule has 1 aromatic heterocycles. The smallest absolute Gasteiger partial charge is 0.407 e. The summed E-state index contributed by atoms with van der Waals surface area (Å²) in [5, 5.41) is 6.19. The van der Waals surface area contributed by atoms with Gasteiger partial charge in [0.2, 0.25) is 0 Å². The number of aliphatic imine (C=N–C) groups is 1. The predicted octanol–water partition coefficient (Wildman–Crippen LogP) is 2.99. The van der Waals surface area contributed by atoms with E-state index < -0.39 is 11.7 Å². The summed E-state index contributed by atoms with van der Waals surface area (Å²) in [7, 11) is 1.71. The first kappa shape index (κ1) is 22.6. The van der Waals surface area contributed by atoms with Crippen molar-refractivity contribution >= 4 is 12.1 Å². The van der Waals surface area contributed by atoms with Gasteiger partial charge in [-0.05, 0) is 51.8 Å². The Kier molecular flexibility index (Phi) is 6.82. The number of aryl methyl sites for hydroxylation is 1. The van der Waals surface area contributed by atoms with E-state index in [2.05, 4.69) is 25.5 Å². The van der Waals surface area contributed by atoms with Crippen LogP contribution < -0.4 is 10.6 Å². The second-order valence-electron chi connectivity index (χ2n) is 8.61. The summed E-state index contributed by atoms with van der Waals surface area (Å²) in [4.78, 5) is 22.5. The van der Waals surface area contributed by atoms with Gasteiger partial charge < -0.3 is 24.8 Å². The monoisotopic (exact) mass is 430 g/mol. The van der Waals surface area contributed by atoms with Crippen molar-refractivity contribution in [3.8, 4) is 5.69 Å². The molecule has 1 amide bonds. The van der Waals surface area contributed by atoms with E-state index in [4.69, 9.17) is 4.74 Å². The number of benzene rings is 1. The summed E-state index contributed by atoms with van der Waals surface area (Å²) >= 11 is 0. The van der Waals surface area contributed by atoms with E-state index in [0.29, 0.717) is 24.7 Å². The molecular weight excluding hydrogens is 399 g/mol. The Labute approximate surface area is 182 Å². The minimum absolute atomic E-state index is 0.0106. The number of hydrogen-bond donors (Lipinski definition) is 2. The van der Waals surface area contributed by atoms with Crippen LogP contribution in [0.1, 0.15) is 38.6 Å². The molecule has 3 rings (SSSR count). The molecule has 1 fully saturated rings. The lowest BCUT2D eigenvalue weighted by atomic mass is 10.2. The number of hydrogen-bond acceptors (Lipinski definition) is 4. The summed E-state index contributed by atoms with van der Waals surface area (Å²) in [6.45, 7) is 9.18. The number of nitrogens with one attached hydrogen (secondary N) is 2. The quantitative estimate of drug-likeness (QED) is 0.576. The predicted molar refractivity (Wildman–Crippen MR) is 118 cm³/mol. The highest BCUT2D eigenvalue weighted by Crippen LogP contribution is 2.17. The Bertz CT molecular complexity index is 950. The van der Waals surface area contributed by atoms with Gasteiger partial charge in [-0.2, -0.15) is 0 Å². The van der Waals surface area contributed by atoms with Gasteiger partial charge in [-0.3, -0.25) is 4.99 Å². The Hall–Kier alpha value is -3.10. The maximum Gasteiger partial charge on any atom is 0.407 e. The van der Waals surface area contributed by atoms with Gasteiger partial charge in [-0.25, -0.2) is 14.2 Å². The molecule has 2 aromatic rings. The van der Waals surface area contributed by atoms with E-state index in [-0.39, 0.29) is 11.9 Å². The van der Waals surface area contributed by atoms with E-state index in [1.54, 1.807) is 30.1 Å². The summed E-state index contributed by atoms with van der Waals surface area (Å²) in [6.07, 6.45) is 3.77. The number of ether oxygens (including phenoxy) is 1. The minimum atomic E-state index is -0.526. The topological polar surface area (TPSA) is 83.8 Å². The van der Waals surface area contributed by atoms with Crippen LogP contribution in [0, 0.1) is 12.7 Å². The number of aromatic nitrogens is 2. The summed E-state index contributed by atoms with van der Waals surface area (Å²) in [6, 6.07) is 5.14. The van der Waals surface area contributed by atoms with Gasteiger partial charge in [0.25, 0.3) is 0 Å². The first-order chi connectivity index (χ1) is 14.7. The second kappa shape index (κ2) is 9.36. The van der Waals surface area contributed by atoms with E-state index in [9.17, 15) is 9.18 Å². The molecule has 8 nitrogen and oxygen atoms in total. The van der Waals surface area contributed by atoms with Crippen LogP contribution in [0.5, 0.6) is 0 Å². The molecule has 31 heavy (non-hydrogen) atoms. The fourth-order valence-electron chi connectivity index (χ4n) is 3.55. The molecule has 1 saturated heterocycles. The molecule has 0 radical (unpaired) electrons. The Balaban J connectivity index is 1.55. The third-order valence-electron chi connectivity index (χ3n) is 4.97. The van der Waals surface area contributed by atoms with Gasteiger partial charge in [0.1, 0.15) is 17.2 Å². The molecule has 2 heterocycles. The Morgan fingerprint density at radius 3 is 2.77 bits per heavy atom. The third-order valence-corrected chi connectivity index (χ3v) is 4.97. The van der Waals surface area contributed by atoms with Crippen LogP contribution in [0.2, 0.25) is 0 Å². The van der Waals surface area contributed by atoms with Crippen LogP contribution in [0.25, 0.3) is 5.69 Å². The lowest BCUT2D eigenvalue weighted by Crippen LogP contribution is -2.44. The van der Waals surface area contributed by atoms with Crippen molar-refractivity contribution in [2.75, 3.05) is 20.1 Å². The lowest BCUT2D eigenvalue weighted by molar-refractivity contribution is 0.0507. The normalized spacial score (nSPS) is 17.0. The number of rotatable bonds is 4. The molecule has 9 heteroatoms. The number of carbonyl (C=O) groups is 1. The summed E-state index contributed by atoms with van der Waals surface area (Å²) in [5.41, 5.74) is 0.753. The SMILES string of the molecule is CN=C(NCc1ccc(-n2ccnc2C)c(F)c1)N1CCC(NC(=O)OC(C)(C)C)C1. The average molecular weight is 431 g/mol. The van der Waals surface area contributed by atoms with Crippen LogP contribution in [0.4, 0.5) is 9.18 Å². The standard InChI is InChI=1S/C22H31FN6O2/c1-15-25-9-11-29(15)19-7-6-16(12-18(19)23)13-26-20(24-5)28-10-8-17(14-28)27-21(30)31-22(2,3)4/h6-7,9,11-12,17H,8,10,13-14H2,1-5H3,(H,24,26)(H,27,30). The maximum atomic E-state index is 14.6. The fourth-order valence-corrected chi connectivity index (χ4v) is 3.55. The van der Waals surface area contributed by atoms with Gasteiger partial charge in [-0.15, -0.1) is 0 Å². The first-order valence-corrected chi connectivity index (χ1v) is 10.4. The molecule has 1 unspecified atom stereocenters. The van der Waals surface area contributed by atoms with Crippen LogP contribution in [0.15, 0.2) is 35.6 Å². The molecule has 1 aliphatic heterocycles. The van der Waals surface area contributed by atoms with Gasteiger partial charge in [0.15, 0.2) is 5.96 Å². The van der Waals surface area contributed by atoms with Crippen LogP contribution >= 0.6 is 0 Å². The van der Waals surface area contributed by atoms with E-state index >= 15 is 0 Å². The minimum Gasteiger partial charge on any atom is -0.444 e. The van der Waals surface area contributed by atoms with Crippen molar-refractivity contribution < 1.29 is 13.9 Å². The highest BCUT2D eigenvalue weighted by atomic mass is 19.1. The number of imidazole rings is 1. The fraction of sp³-hybridized carbons (Fsp3) is 0.500. The number of likely N-dealkylation sites (tertiary alicyclic amines) is 1. The lowest BCUT2D eigenvalue weighted by Gasteiger charge is -2.23. The number of alkyl carbamates (subject to hydrolysis) is 1. The van der Waals surface area contributed by atoms with Crippen molar-refractivity contribution in [3.05, 3.63) is 47.8 Å². The number of carbonyl (C=O) groups excluding carboxylic acids is 1. The number of halogens is 1. The van der Waals surface area contributed by atoms with Crippen LogP contribution in [-0.2, 0) is 11.3 Å². The van der Waals surface area contributed by atoms with Crippen molar-refractivity contribution in [3.63, 3.8) is 0 Å². The Morgan fingerprint density at radius 1 is 1.39 bits per heavy atom. The van der Waals surface area contributed by atoms with Gasteiger partial charge in [0, 0.05) is 39.1 Å². The van der Waals surface area contributed by atoms with Gasteiger partial charge in [0.05, 0.1) is 11.7 Å². The zero-order chi connectivity index (χ0) is 22.6. The molecule has 0 bridgehead atoms. The number of guanidine groups is 1. The molecule has 1 aromatic carbocycles. The molecule has 0 aliphatic carbocycles. The molecule has 0 saturated carbocycles. The molecule has 2 N–H and O–H groups in total. The van der Waals surface area contributed by atoms with Crippen molar-refractivity contribution in [2.24, 2.45) is 4.99 Å². The van der Waals surface area contributed by atoms with Gasteiger partial charge >= 0.3 is 6.09 Å². The first-order valence-electron chi connectivity index (χ1n) is 10.4. The van der Waals surface area contributed by atoms with E-state index in [1.165, 1.54) is 6.07 Å². The summed E-state index contributed by atoms with van der Waals surface area (Å²) < 4.78 is 21.7. The summed E-state index contributed by atoms with van der Waals surface area (Å²) in [5.74, 6) is 1.13. The number of amides is 1. The van der Waals surface area contributed by atoms with E-state index in [1.807, 2.05) is 33.8 Å². The zero-order valence-corrected chi connectivity index (χ0v) is 18.8. The van der Waals surface area contributed by atoms with Crippen molar-refractivity contribution in [2.45, 2.75) is 52.3 Å². The Morgan fingerprint density at radius 2 is 2.16 bits per heavy atom. The van der Waals surface area contributed by atoms with Crippen molar-refractivity contribution in [1.82, 2.24) is 25.1 Å². The number of nitrogens with zero attached hydrogens (tertiary/aromatic N) is 4. The average Bonchev–Trinajstić information content (AvgIpc) is 3.30. The van der Waals surface area contributed by atoms with Crippen LogP contribution in [-0.4, -0.2) is 58.3 Å². The van der Waals surface area contributed by atoms with Crippen LogP contribution in [0.3, 0.4) is 0 Å². The molecule has 1 atom stereocenters. The third kappa shape index (κ3) is 5.96. The highest BCUT2D eigenvalue weighted by molar-refractivity contribution is 5.80. The molecular formula is C22H31FN6O2. The second-order valence-corrected chi connectivity index (χ2v) is 8.61. The molecule has 0 spiro atoms. The molecule has 1 aliphatic rings. The highest BCUT2D eigenvalue weighted by Gasteiger charge is 2.27. The zero-order valence-electron chi connectivity index (χ0n) is 18.8. The van der Waals surface area contributed by atoms with Gasteiger partial charge in [-0.1, -0.05) is 6.07 Å². The van der Waals surface area contributed by atoms with Crippen molar-refractivity contribution in [1.29, 1.82) is 0 Å². The molecule has 168 valence electrons. The van der Waals surface area contributed by atoms with E-state index in [0.717, 1.165) is 24.4 Å².